The van der Waals surface area contributed by atoms with Crippen molar-refractivity contribution in [3.63, 3.8) is 0 Å². The molecule has 2 aromatic carbocycles. The number of aryl methyl sites for hydroxylation is 1. The number of hydrogen-bond acceptors (Lipinski definition) is 4. The topological polar surface area (TPSA) is 40.8 Å². The molecule has 3 aromatic rings. The summed E-state index contributed by atoms with van der Waals surface area (Å²) in [5, 5.41) is 2.21. The normalized spacial score (nSPS) is 10.7. The van der Waals surface area contributed by atoms with Crippen LogP contribution in [0.1, 0.15) is 11.3 Å². The second-order valence-corrected chi connectivity index (χ2v) is 6.08. The van der Waals surface area contributed by atoms with Gasteiger partial charge in [0.15, 0.2) is 34.9 Å². The van der Waals surface area contributed by atoms with Crippen LogP contribution in [0.2, 0.25) is 0 Å². The minimum atomic E-state index is 0.728. The van der Waals surface area contributed by atoms with Crippen LogP contribution in [0.5, 0.6) is 23.0 Å². The Morgan fingerprint density at radius 2 is 1.27 bits per heavy atom. The summed E-state index contributed by atoms with van der Waals surface area (Å²) in [5.74, 6) is 2.93. The summed E-state index contributed by atoms with van der Waals surface area (Å²) < 4.78 is 23.7. The van der Waals surface area contributed by atoms with Gasteiger partial charge in [-0.05, 0) is 35.2 Å². The van der Waals surface area contributed by atoms with Gasteiger partial charge >= 0.3 is 0 Å². The fourth-order valence-corrected chi connectivity index (χ4v) is 3.10. The van der Waals surface area contributed by atoms with Crippen LogP contribution in [0.25, 0.3) is 10.8 Å². The summed E-state index contributed by atoms with van der Waals surface area (Å²) in [4.78, 5) is 0. The third-order valence-corrected chi connectivity index (χ3v) is 4.53. The number of ether oxygens (including phenoxy) is 4. The molecule has 26 heavy (non-hydrogen) atoms. The minimum absolute atomic E-state index is 0.728. The van der Waals surface area contributed by atoms with E-state index in [4.69, 9.17) is 18.9 Å². The summed E-state index contributed by atoms with van der Waals surface area (Å²) in [6.07, 6.45) is 2.88. The molecule has 0 saturated heterocycles. The van der Waals surface area contributed by atoms with E-state index in [2.05, 4.69) is 22.9 Å². The predicted octanol–water partition coefficient (Wildman–Crippen LogP) is 3.29. The van der Waals surface area contributed by atoms with Crippen molar-refractivity contribution in [3.8, 4) is 23.0 Å². The van der Waals surface area contributed by atoms with Gasteiger partial charge in [0.05, 0.1) is 34.9 Å². The van der Waals surface area contributed by atoms with E-state index >= 15 is 0 Å². The van der Waals surface area contributed by atoms with Crippen molar-refractivity contribution in [1.82, 2.24) is 0 Å². The van der Waals surface area contributed by atoms with Crippen LogP contribution in [0.15, 0.2) is 42.6 Å². The van der Waals surface area contributed by atoms with Crippen LogP contribution in [-0.2, 0) is 13.5 Å². The SMILES string of the molecule is COc1ccc(Cc2cc3cc(OC)c(OC)cc3c[n+]2C)cc1OC. The van der Waals surface area contributed by atoms with Crippen LogP contribution in [0.3, 0.4) is 0 Å². The number of rotatable bonds is 6. The van der Waals surface area contributed by atoms with Crippen LogP contribution in [0, 0.1) is 0 Å². The van der Waals surface area contributed by atoms with Crippen molar-refractivity contribution in [2.24, 2.45) is 7.05 Å². The Labute approximate surface area is 153 Å². The number of nitrogens with zero attached hydrogens (tertiary/aromatic N) is 1. The minimum Gasteiger partial charge on any atom is -0.493 e. The van der Waals surface area contributed by atoms with Crippen molar-refractivity contribution in [2.75, 3.05) is 28.4 Å². The third-order valence-electron chi connectivity index (χ3n) is 4.53. The van der Waals surface area contributed by atoms with E-state index in [0.717, 1.165) is 45.8 Å². The second kappa shape index (κ2) is 7.52. The van der Waals surface area contributed by atoms with E-state index in [9.17, 15) is 0 Å². The summed E-state index contributed by atoms with van der Waals surface area (Å²) >= 11 is 0. The molecule has 1 heterocycles. The highest BCUT2D eigenvalue weighted by Gasteiger charge is 2.15. The van der Waals surface area contributed by atoms with Crippen molar-refractivity contribution in [2.45, 2.75) is 6.42 Å². The molecule has 0 unspecified atom stereocenters. The molecule has 0 amide bonds. The highest BCUT2D eigenvalue weighted by atomic mass is 16.5. The number of benzene rings is 2. The van der Waals surface area contributed by atoms with Gasteiger partial charge in [-0.15, -0.1) is 0 Å². The maximum absolute atomic E-state index is 5.43. The van der Waals surface area contributed by atoms with Gasteiger partial charge in [-0.2, -0.15) is 0 Å². The number of hydrogen-bond donors (Lipinski definition) is 0. The zero-order valence-electron chi connectivity index (χ0n) is 15.8. The molecule has 0 bridgehead atoms. The van der Waals surface area contributed by atoms with E-state index < -0.39 is 0 Å². The third kappa shape index (κ3) is 3.38. The van der Waals surface area contributed by atoms with Gasteiger partial charge in [0.1, 0.15) is 7.05 Å². The van der Waals surface area contributed by atoms with Crippen LogP contribution < -0.4 is 23.5 Å². The van der Waals surface area contributed by atoms with E-state index in [1.165, 1.54) is 5.69 Å². The Bertz CT molecular complexity index is 937. The first kappa shape index (κ1) is 17.9. The summed E-state index contributed by atoms with van der Waals surface area (Å²) in [5.41, 5.74) is 2.33. The molecular formula is C21H24NO4+. The molecule has 0 N–H and O–H groups in total. The first-order chi connectivity index (χ1) is 12.6. The second-order valence-electron chi connectivity index (χ2n) is 6.08. The molecule has 0 fully saturated rings. The smallest absolute Gasteiger partial charge is 0.186 e. The Balaban J connectivity index is 2.01. The van der Waals surface area contributed by atoms with Crippen molar-refractivity contribution in [1.29, 1.82) is 0 Å². The van der Waals surface area contributed by atoms with Crippen molar-refractivity contribution >= 4 is 10.8 Å². The van der Waals surface area contributed by atoms with Crippen LogP contribution in [0.4, 0.5) is 0 Å². The van der Waals surface area contributed by atoms with Gasteiger partial charge in [-0.1, -0.05) is 6.07 Å². The molecule has 136 valence electrons. The average molecular weight is 354 g/mol. The number of aromatic nitrogens is 1. The summed E-state index contributed by atoms with van der Waals surface area (Å²) in [6.45, 7) is 0. The van der Waals surface area contributed by atoms with Gasteiger partial charge in [-0.3, -0.25) is 0 Å². The molecule has 0 aliphatic heterocycles. The fraction of sp³-hybridized carbons (Fsp3) is 0.286. The van der Waals surface area contributed by atoms with Gasteiger partial charge in [-0.25, -0.2) is 4.57 Å². The Morgan fingerprint density at radius 3 is 1.88 bits per heavy atom. The van der Waals surface area contributed by atoms with Crippen LogP contribution >= 0.6 is 0 Å². The quantitative estimate of drug-likeness (QED) is 0.637. The largest absolute Gasteiger partial charge is 0.493 e. The number of methoxy groups -OCH3 is 4. The van der Waals surface area contributed by atoms with Crippen molar-refractivity contribution in [3.05, 3.63) is 53.9 Å². The zero-order chi connectivity index (χ0) is 18.7. The van der Waals surface area contributed by atoms with Crippen LogP contribution in [-0.4, -0.2) is 28.4 Å². The van der Waals surface area contributed by atoms with E-state index in [1.54, 1.807) is 28.4 Å². The molecule has 5 nitrogen and oxygen atoms in total. The monoisotopic (exact) mass is 354 g/mol. The molecule has 0 atom stereocenters. The maximum Gasteiger partial charge on any atom is 0.186 e. The molecule has 0 aliphatic rings. The molecule has 5 heteroatoms. The molecule has 0 spiro atoms. The maximum atomic E-state index is 5.43. The fourth-order valence-electron chi connectivity index (χ4n) is 3.10. The highest BCUT2D eigenvalue weighted by Crippen LogP contribution is 2.32. The lowest BCUT2D eigenvalue weighted by Gasteiger charge is -2.11. The van der Waals surface area contributed by atoms with Gasteiger partial charge in [0.25, 0.3) is 0 Å². The Kier molecular flexibility index (Phi) is 5.16. The standard InChI is InChI=1S/C21H24NO4/c1-22-13-16-12-21(26-5)20(25-4)11-15(16)10-17(22)8-14-6-7-18(23-2)19(9-14)24-3/h6-7,9-13H,8H2,1-5H3/q+1. The molecule has 0 aliphatic carbocycles. The van der Waals surface area contributed by atoms with E-state index in [0.29, 0.717) is 0 Å². The first-order valence-corrected chi connectivity index (χ1v) is 8.34. The Morgan fingerprint density at radius 1 is 0.692 bits per heavy atom. The van der Waals surface area contributed by atoms with Gasteiger partial charge < -0.3 is 18.9 Å². The Hall–Kier alpha value is -2.95. The molecule has 1 aromatic heterocycles. The summed E-state index contributed by atoms with van der Waals surface area (Å²) in [7, 11) is 8.64. The first-order valence-electron chi connectivity index (χ1n) is 8.34. The van der Waals surface area contributed by atoms with E-state index in [-0.39, 0.29) is 0 Å². The number of fused-ring (bicyclic) bond motifs is 1. The lowest BCUT2D eigenvalue weighted by atomic mass is 10.0. The molecule has 0 radical (unpaired) electrons. The molecular weight excluding hydrogens is 330 g/mol. The van der Waals surface area contributed by atoms with Gasteiger partial charge in [0, 0.05) is 11.5 Å². The molecule has 3 rings (SSSR count). The lowest BCUT2D eigenvalue weighted by molar-refractivity contribution is -0.677. The summed E-state index contributed by atoms with van der Waals surface area (Å²) in [6, 6.07) is 12.2. The molecule has 0 saturated carbocycles. The predicted molar refractivity (Wildman–Crippen MR) is 101 cm³/mol. The highest BCUT2D eigenvalue weighted by molar-refractivity contribution is 5.85. The number of pyridine rings is 1. The van der Waals surface area contributed by atoms with E-state index in [1.807, 2.05) is 31.3 Å². The van der Waals surface area contributed by atoms with Gasteiger partial charge in [0.2, 0.25) is 0 Å². The van der Waals surface area contributed by atoms with Crippen molar-refractivity contribution < 1.29 is 23.5 Å². The average Bonchev–Trinajstić information content (AvgIpc) is 2.67. The zero-order valence-corrected chi connectivity index (χ0v) is 15.8. The lowest BCUT2D eigenvalue weighted by Crippen LogP contribution is -2.33.